The molecule has 1 rings (SSSR count). The van der Waals surface area contributed by atoms with Crippen LogP contribution in [-0.2, 0) is 0 Å². The van der Waals surface area contributed by atoms with Crippen LogP contribution in [0.2, 0.25) is 0 Å². The number of hydrogen-bond acceptors (Lipinski definition) is 2. The molecule has 0 radical (unpaired) electrons. The van der Waals surface area contributed by atoms with Crippen LogP contribution in [0, 0.1) is 6.92 Å². The quantitative estimate of drug-likeness (QED) is 0.707. The van der Waals surface area contributed by atoms with Crippen molar-refractivity contribution < 1.29 is 10.2 Å². The molecule has 0 aliphatic heterocycles. The van der Waals surface area contributed by atoms with E-state index in [4.69, 9.17) is 0 Å². The lowest BCUT2D eigenvalue weighted by molar-refractivity contribution is 0.444. The van der Waals surface area contributed by atoms with Gasteiger partial charge in [0.25, 0.3) is 0 Å². The molecule has 0 heterocycles. The maximum Gasteiger partial charge on any atom is 0.123 e. The number of phenols is 2. The number of phenolic OH excluding ortho intramolecular Hbond substituents is 2. The second-order valence-electron chi connectivity index (χ2n) is 3.51. The number of aromatic hydroxyl groups is 2. The summed E-state index contributed by atoms with van der Waals surface area (Å²) in [4.78, 5) is 0. The molecule has 0 fully saturated rings. The topological polar surface area (TPSA) is 40.5 Å². The average molecular weight is 192 g/mol. The fraction of sp³-hybridized carbons (Fsp3) is 0.333. The second kappa shape index (κ2) is 4.18. The van der Waals surface area contributed by atoms with Gasteiger partial charge in [0.05, 0.1) is 0 Å². The summed E-state index contributed by atoms with van der Waals surface area (Å²) in [6.07, 6.45) is 3.97. The Bertz CT molecular complexity index is 330. The van der Waals surface area contributed by atoms with Gasteiger partial charge in [-0.25, -0.2) is 0 Å². The lowest BCUT2D eigenvalue weighted by Crippen LogP contribution is -1.93. The molecule has 1 unspecified atom stereocenters. The average Bonchev–Trinajstić information content (AvgIpc) is 2.01. The number of hydrogen-bond donors (Lipinski definition) is 2. The molecule has 14 heavy (non-hydrogen) atoms. The monoisotopic (exact) mass is 192 g/mol. The van der Waals surface area contributed by atoms with Gasteiger partial charge in [0, 0.05) is 17.5 Å². The van der Waals surface area contributed by atoms with E-state index in [0.717, 1.165) is 11.1 Å². The molecule has 0 amide bonds. The molecule has 0 bridgehead atoms. The highest BCUT2D eigenvalue weighted by Gasteiger charge is 2.11. The summed E-state index contributed by atoms with van der Waals surface area (Å²) in [7, 11) is 0. The fourth-order valence-corrected chi connectivity index (χ4v) is 1.74. The van der Waals surface area contributed by atoms with Crippen molar-refractivity contribution in [3.05, 3.63) is 35.4 Å². The van der Waals surface area contributed by atoms with Crippen molar-refractivity contribution in [1.29, 1.82) is 0 Å². The Morgan fingerprint density at radius 1 is 1.29 bits per heavy atom. The van der Waals surface area contributed by atoms with Gasteiger partial charge >= 0.3 is 0 Å². The molecule has 2 nitrogen and oxygen atoms in total. The minimum Gasteiger partial charge on any atom is -0.508 e. The summed E-state index contributed by atoms with van der Waals surface area (Å²) >= 11 is 0. The SMILES string of the molecule is CC=CC(C)c1c(C)cc(O)cc1O. The number of aryl methyl sites for hydroxylation is 1. The first-order valence-electron chi connectivity index (χ1n) is 4.71. The molecule has 1 atom stereocenters. The van der Waals surface area contributed by atoms with E-state index in [1.165, 1.54) is 6.07 Å². The molecule has 0 aliphatic carbocycles. The van der Waals surface area contributed by atoms with Gasteiger partial charge in [-0.15, -0.1) is 0 Å². The molecule has 76 valence electrons. The molecule has 1 aromatic carbocycles. The van der Waals surface area contributed by atoms with Crippen molar-refractivity contribution in [3.8, 4) is 11.5 Å². The van der Waals surface area contributed by atoms with Crippen molar-refractivity contribution >= 4 is 0 Å². The maximum atomic E-state index is 9.68. The highest BCUT2D eigenvalue weighted by Crippen LogP contribution is 2.33. The smallest absolute Gasteiger partial charge is 0.123 e. The first kappa shape index (κ1) is 10.6. The Balaban J connectivity index is 3.20. The van der Waals surface area contributed by atoms with Crippen LogP contribution >= 0.6 is 0 Å². The van der Waals surface area contributed by atoms with Crippen molar-refractivity contribution in [2.24, 2.45) is 0 Å². The zero-order valence-corrected chi connectivity index (χ0v) is 8.78. The Hall–Kier alpha value is -1.44. The largest absolute Gasteiger partial charge is 0.508 e. The van der Waals surface area contributed by atoms with Crippen molar-refractivity contribution in [3.63, 3.8) is 0 Å². The van der Waals surface area contributed by atoms with Crippen molar-refractivity contribution in [2.75, 3.05) is 0 Å². The maximum absolute atomic E-state index is 9.68. The summed E-state index contributed by atoms with van der Waals surface area (Å²) < 4.78 is 0. The van der Waals surface area contributed by atoms with E-state index >= 15 is 0 Å². The summed E-state index contributed by atoms with van der Waals surface area (Å²) in [6, 6.07) is 3.04. The van der Waals surface area contributed by atoms with Crippen LogP contribution in [0.15, 0.2) is 24.3 Å². The third-order valence-corrected chi connectivity index (χ3v) is 2.29. The van der Waals surface area contributed by atoms with Gasteiger partial charge in [-0.1, -0.05) is 19.1 Å². The standard InChI is InChI=1S/C12H16O2/c1-4-5-8(2)12-9(3)6-10(13)7-11(12)14/h4-8,13-14H,1-3H3. The van der Waals surface area contributed by atoms with Crippen LogP contribution in [0.4, 0.5) is 0 Å². The van der Waals surface area contributed by atoms with Gasteiger partial charge in [-0.3, -0.25) is 0 Å². The summed E-state index contributed by atoms with van der Waals surface area (Å²) in [5.41, 5.74) is 1.79. The Kier molecular flexibility index (Phi) is 3.18. The van der Waals surface area contributed by atoms with Crippen LogP contribution in [0.5, 0.6) is 11.5 Å². The molecule has 0 saturated carbocycles. The van der Waals surface area contributed by atoms with E-state index in [0.29, 0.717) is 0 Å². The first-order valence-corrected chi connectivity index (χ1v) is 4.71. The van der Waals surface area contributed by atoms with E-state index in [1.54, 1.807) is 6.07 Å². The molecule has 2 heteroatoms. The normalized spacial score (nSPS) is 13.4. The molecule has 0 spiro atoms. The molecular formula is C12H16O2. The lowest BCUT2D eigenvalue weighted by atomic mass is 9.95. The van der Waals surface area contributed by atoms with Crippen molar-refractivity contribution in [2.45, 2.75) is 26.7 Å². The highest BCUT2D eigenvalue weighted by molar-refractivity contribution is 5.47. The third kappa shape index (κ3) is 2.08. The minimum atomic E-state index is 0.108. The predicted molar refractivity (Wildman–Crippen MR) is 57.7 cm³/mol. The molecular weight excluding hydrogens is 176 g/mol. The first-order chi connectivity index (χ1) is 6.56. The summed E-state index contributed by atoms with van der Waals surface area (Å²) in [5.74, 6) is 0.435. The highest BCUT2D eigenvalue weighted by atomic mass is 16.3. The van der Waals surface area contributed by atoms with Crippen molar-refractivity contribution in [1.82, 2.24) is 0 Å². The van der Waals surface area contributed by atoms with Gasteiger partial charge < -0.3 is 10.2 Å². The van der Waals surface area contributed by atoms with Gasteiger partial charge in [0.1, 0.15) is 11.5 Å². The number of allylic oxidation sites excluding steroid dienone is 2. The van der Waals surface area contributed by atoms with Gasteiger partial charge in [0.15, 0.2) is 0 Å². The van der Waals surface area contributed by atoms with E-state index in [1.807, 2.05) is 32.9 Å². The predicted octanol–water partition coefficient (Wildman–Crippen LogP) is 3.09. The zero-order valence-electron chi connectivity index (χ0n) is 8.78. The van der Waals surface area contributed by atoms with Crippen LogP contribution < -0.4 is 0 Å². The molecule has 1 aromatic rings. The van der Waals surface area contributed by atoms with Gasteiger partial charge in [0.2, 0.25) is 0 Å². The molecule has 0 aliphatic rings. The van der Waals surface area contributed by atoms with Gasteiger partial charge in [-0.2, -0.15) is 0 Å². The zero-order chi connectivity index (χ0) is 10.7. The van der Waals surface area contributed by atoms with Crippen LogP contribution in [0.1, 0.15) is 30.9 Å². The summed E-state index contributed by atoms with van der Waals surface area (Å²) in [5, 5.41) is 18.9. The van der Waals surface area contributed by atoms with E-state index in [2.05, 4.69) is 0 Å². The fourth-order valence-electron chi connectivity index (χ4n) is 1.74. The molecule has 0 aromatic heterocycles. The van der Waals surface area contributed by atoms with E-state index < -0.39 is 0 Å². The Labute approximate surface area is 84.5 Å². The molecule has 2 N–H and O–H groups in total. The Morgan fingerprint density at radius 3 is 2.43 bits per heavy atom. The van der Waals surface area contributed by atoms with Crippen LogP contribution in [0.3, 0.4) is 0 Å². The second-order valence-corrected chi connectivity index (χ2v) is 3.51. The van der Waals surface area contributed by atoms with E-state index in [-0.39, 0.29) is 17.4 Å². The number of benzene rings is 1. The van der Waals surface area contributed by atoms with Crippen LogP contribution in [0.25, 0.3) is 0 Å². The molecule has 0 saturated heterocycles. The summed E-state index contributed by atoms with van der Waals surface area (Å²) in [6.45, 7) is 5.84. The third-order valence-electron chi connectivity index (χ3n) is 2.29. The van der Waals surface area contributed by atoms with E-state index in [9.17, 15) is 10.2 Å². The number of rotatable bonds is 2. The van der Waals surface area contributed by atoms with Gasteiger partial charge in [-0.05, 0) is 25.5 Å². The Morgan fingerprint density at radius 2 is 1.93 bits per heavy atom. The lowest BCUT2D eigenvalue weighted by Gasteiger charge is -2.13. The minimum absolute atomic E-state index is 0.108. The van der Waals surface area contributed by atoms with Crippen LogP contribution in [-0.4, -0.2) is 10.2 Å².